The van der Waals surface area contributed by atoms with E-state index in [1.54, 1.807) is 37.3 Å². The number of aldehydes is 1. The number of ether oxygens (including phenoxy) is 8. The maximum absolute atomic E-state index is 13.4. The van der Waals surface area contributed by atoms with Crippen LogP contribution in [-0.4, -0.2) is 92.2 Å². The van der Waals surface area contributed by atoms with E-state index in [0.29, 0.717) is 56.7 Å². The highest BCUT2D eigenvalue weighted by atomic mass is 16.7. The second-order valence-electron chi connectivity index (χ2n) is 11.7. The van der Waals surface area contributed by atoms with E-state index in [1.807, 2.05) is 0 Å². The van der Waals surface area contributed by atoms with Crippen LogP contribution in [0, 0.1) is 0 Å². The monoisotopic (exact) mass is 697 g/mol. The smallest absolute Gasteiger partial charge is 0.339 e. The first kappa shape index (κ1) is 34.7. The SMILES string of the molecule is COc1cc2c(OC3OC(C)C(ON[C@H](C=O)CCC(=O)O)C(O)C3OC(C)=O)c3c(c(-c4ccc5c(c4)OCO5)c2cc1OC)C(=O)OC3. The van der Waals surface area contributed by atoms with Gasteiger partial charge in [0.25, 0.3) is 0 Å². The van der Waals surface area contributed by atoms with E-state index in [-0.39, 0.29) is 37.6 Å². The van der Waals surface area contributed by atoms with Gasteiger partial charge < -0.3 is 52.9 Å². The fourth-order valence-electron chi connectivity index (χ4n) is 6.18. The van der Waals surface area contributed by atoms with Crippen molar-refractivity contribution >= 4 is 35.0 Å². The zero-order valence-electron chi connectivity index (χ0n) is 27.5. The Hall–Kier alpha value is -5.16. The molecule has 0 amide bonds. The minimum atomic E-state index is -1.56. The van der Waals surface area contributed by atoms with Gasteiger partial charge in [0.2, 0.25) is 13.1 Å². The van der Waals surface area contributed by atoms with Crippen LogP contribution < -0.4 is 29.2 Å². The molecule has 6 rings (SSSR count). The number of aliphatic hydroxyl groups excluding tert-OH is 1. The third-order valence-electron chi connectivity index (χ3n) is 8.55. The number of aliphatic hydroxyl groups is 1. The minimum absolute atomic E-state index is 0.0526. The van der Waals surface area contributed by atoms with Crippen LogP contribution in [0.2, 0.25) is 0 Å². The summed E-state index contributed by atoms with van der Waals surface area (Å²) in [5, 5.41) is 21.4. The minimum Gasteiger partial charge on any atom is -0.493 e. The number of hydrogen-bond acceptors (Lipinski definition) is 15. The van der Waals surface area contributed by atoms with Crippen LogP contribution in [0.5, 0.6) is 28.7 Å². The molecule has 5 unspecified atom stereocenters. The summed E-state index contributed by atoms with van der Waals surface area (Å²) in [6.45, 7) is 2.58. The molecule has 3 heterocycles. The molecule has 6 atom stereocenters. The molecule has 50 heavy (non-hydrogen) atoms. The van der Waals surface area contributed by atoms with E-state index >= 15 is 0 Å². The van der Waals surface area contributed by atoms with E-state index < -0.39 is 54.7 Å². The number of aliphatic carboxylic acids is 1. The number of nitrogens with one attached hydrogen (secondary N) is 1. The quantitative estimate of drug-likeness (QED) is 0.133. The van der Waals surface area contributed by atoms with Gasteiger partial charge in [-0.05, 0) is 48.6 Å². The highest BCUT2D eigenvalue weighted by molar-refractivity contribution is 6.14. The maximum Gasteiger partial charge on any atom is 0.339 e. The Bertz CT molecular complexity index is 1830. The summed E-state index contributed by atoms with van der Waals surface area (Å²) < 4.78 is 45.9. The number of esters is 2. The third-order valence-corrected chi connectivity index (χ3v) is 8.55. The Morgan fingerprint density at radius 2 is 1.74 bits per heavy atom. The van der Waals surface area contributed by atoms with Crippen molar-refractivity contribution in [2.75, 3.05) is 21.0 Å². The zero-order chi connectivity index (χ0) is 35.7. The Morgan fingerprint density at radius 1 is 1.02 bits per heavy atom. The zero-order valence-corrected chi connectivity index (χ0v) is 27.5. The van der Waals surface area contributed by atoms with Gasteiger partial charge in [0.05, 0.1) is 31.9 Å². The van der Waals surface area contributed by atoms with E-state index in [4.69, 9.17) is 47.8 Å². The summed E-state index contributed by atoms with van der Waals surface area (Å²) in [6.07, 6.45) is -6.51. The number of hydroxylamine groups is 1. The van der Waals surface area contributed by atoms with Crippen molar-refractivity contribution in [3.8, 4) is 39.9 Å². The summed E-state index contributed by atoms with van der Waals surface area (Å²) in [6, 6.07) is 7.63. The van der Waals surface area contributed by atoms with Gasteiger partial charge in [-0.15, -0.1) is 0 Å². The number of cyclic esters (lactones) is 1. The van der Waals surface area contributed by atoms with Crippen LogP contribution in [0.15, 0.2) is 30.3 Å². The van der Waals surface area contributed by atoms with E-state index in [9.17, 15) is 24.3 Å². The molecule has 3 aromatic carbocycles. The van der Waals surface area contributed by atoms with Gasteiger partial charge in [0.1, 0.15) is 30.9 Å². The number of methoxy groups -OCH3 is 2. The first-order chi connectivity index (χ1) is 24.0. The number of fused-ring (bicyclic) bond motifs is 3. The molecule has 0 bridgehead atoms. The topological polar surface area (TPSA) is 204 Å². The summed E-state index contributed by atoms with van der Waals surface area (Å²) in [5.41, 5.74) is 4.16. The molecule has 0 aliphatic carbocycles. The fourth-order valence-corrected chi connectivity index (χ4v) is 6.18. The lowest BCUT2D eigenvalue weighted by Crippen LogP contribution is -2.61. The summed E-state index contributed by atoms with van der Waals surface area (Å²) in [7, 11) is 2.94. The molecule has 16 heteroatoms. The number of carboxylic acid groups (broad SMARTS) is 1. The Morgan fingerprint density at radius 3 is 2.42 bits per heavy atom. The Kier molecular flexibility index (Phi) is 9.97. The summed E-state index contributed by atoms with van der Waals surface area (Å²) >= 11 is 0. The predicted molar refractivity (Wildman–Crippen MR) is 169 cm³/mol. The second kappa shape index (κ2) is 14.4. The largest absolute Gasteiger partial charge is 0.493 e. The Balaban J connectivity index is 1.42. The lowest BCUT2D eigenvalue weighted by Gasteiger charge is -2.42. The van der Waals surface area contributed by atoms with Crippen molar-refractivity contribution in [2.24, 2.45) is 0 Å². The molecule has 3 aliphatic heterocycles. The standard InChI is InChI=1S/C34H35NO15/c1-15-30(50-35-18(12-36)6-8-26(38)39)29(40)32(48-16(2)37)34(47-15)49-31-20-11-24(43-4)23(42-3)10-19(20)27(28-21(31)13-44-33(28)41)17-5-7-22-25(9-17)46-14-45-22/h5,7,9-12,15,18,29-30,32,34-35,40H,6,8,13-14H2,1-4H3,(H,38,39)/t15?,18-,29?,30?,32?,34?/m0/s1. The number of carbonyl (C=O) groups excluding carboxylic acids is 3. The molecule has 0 spiro atoms. The van der Waals surface area contributed by atoms with Crippen LogP contribution in [-0.2, 0) is 40.0 Å². The van der Waals surface area contributed by atoms with Gasteiger partial charge in [0, 0.05) is 29.9 Å². The molecule has 0 aromatic heterocycles. The molecule has 0 saturated carbocycles. The molecule has 1 saturated heterocycles. The van der Waals surface area contributed by atoms with Gasteiger partial charge in [0.15, 0.2) is 29.1 Å². The molecule has 3 N–H and O–H groups in total. The van der Waals surface area contributed by atoms with Crippen molar-refractivity contribution in [3.63, 3.8) is 0 Å². The molecule has 0 radical (unpaired) electrons. The Labute approximate surface area is 284 Å². The van der Waals surface area contributed by atoms with E-state index in [0.717, 1.165) is 6.92 Å². The van der Waals surface area contributed by atoms with Crippen LogP contribution >= 0.6 is 0 Å². The van der Waals surface area contributed by atoms with E-state index in [2.05, 4.69) is 5.48 Å². The van der Waals surface area contributed by atoms with Crippen molar-refractivity contribution < 1.29 is 72.1 Å². The van der Waals surface area contributed by atoms with Crippen LogP contribution in [0.4, 0.5) is 0 Å². The second-order valence-corrected chi connectivity index (χ2v) is 11.7. The first-order valence-electron chi connectivity index (χ1n) is 15.6. The molecule has 3 aromatic rings. The fraction of sp³-hybridized carbons (Fsp3) is 0.412. The van der Waals surface area contributed by atoms with Crippen LogP contribution in [0.1, 0.15) is 42.6 Å². The molecular weight excluding hydrogens is 662 g/mol. The van der Waals surface area contributed by atoms with Crippen molar-refractivity contribution in [1.29, 1.82) is 0 Å². The molecule has 3 aliphatic rings. The van der Waals surface area contributed by atoms with E-state index in [1.165, 1.54) is 14.2 Å². The number of benzene rings is 3. The normalized spacial score (nSPS) is 22.7. The number of carbonyl (C=O) groups is 4. The molecular formula is C34H35NO15. The molecule has 1 fully saturated rings. The molecule has 266 valence electrons. The highest BCUT2D eigenvalue weighted by Crippen LogP contribution is 2.50. The predicted octanol–water partition coefficient (Wildman–Crippen LogP) is 2.66. The first-order valence-corrected chi connectivity index (χ1v) is 15.6. The van der Waals surface area contributed by atoms with Crippen molar-refractivity contribution in [2.45, 2.75) is 70.0 Å². The average molecular weight is 698 g/mol. The number of rotatable bonds is 13. The van der Waals surface area contributed by atoms with Gasteiger partial charge in [-0.25, -0.2) is 4.79 Å². The number of carboxylic acids is 1. The van der Waals surface area contributed by atoms with Gasteiger partial charge in [-0.1, -0.05) is 6.07 Å². The lowest BCUT2D eigenvalue weighted by molar-refractivity contribution is -0.290. The van der Waals surface area contributed by atoms with Gasteiger partial charge in [-0.2, -0.15) is 5.48 Å². The summed E-state index contributed by atoms with van der Waals surface area (Å²) in [5.74, 6) is -0.600. The number of hydrogen-bond donors (Lipinski definition) is 3. The summed E-state index contributed by atoms with van der Waals surface area (Å²) in [4.78, 5) is 53.8. The third kappa shape index (κ3) is 6.57. The van der Waals surface area contributed by atoms with Crippen LogP contribution in [0.25, 0.3) is 21.9 Å². The highest BCUT2D eigenvalue weighted by Gasteiger charge is 2.49. The van der Waals surface area contributed by atoms with Crippen molar-refractivity contribution in [3.05, 3.63) is 41.5 Å². The van der Waals surface area contributed by atoms with Crippen LogP contribution in [0.3, 0.4) is 0 Å². The van der Waals surface area contributed by atoms with Crippen molar-refractivity contribution in [1.82, 2.24) is 5.48 Å². The average Bonchev–Trinajstić information content (AvgIpc) is 3.73. The lowest BCUT2D eigenvalue weighted by atomic mass is 9.89. The van der Waals surface area contributed by atoms with Gasteiger partial charge in [-0.3, -0.25) is 14.4 Å². The van der Waals surface area contributed by atoms with Gasteiger partial charge >= 0.3 is 17.9 Å². The maximum atomic E-state index is 13.4. The molecule has 16 nitrogen and oxygen atoms in total.